The zero-order valence-corrected chi connectivity index (χ0v) is 14.1. The minimum atomic E-state index is -0.517. The number of fused-ring (bicyclic) bond motifs is 1. The van der Waals surface area contributed by atoms with Crippen molar-refractivity contribution >= 4 is 11.6 Å². The van der Waals surface area contributed by atoms with Crippen molar-refractivity contribution in [2.24, 2.45) is 0 Å². The Bertz CT molecular complexity index is 757. The van der Waals surface area contributed by atoms with Crippen molar-refractivity contribution in [2.45, 2.75) is 25.9 Å². The molecular formula is C19H21NO4. The molecule has 1 atom stereocenters. The minimum absolute atomic E-state index is 0.187. The molecule has 126 valence electrons. The lowest BCUT2D eigenvalue weighted by Crippen LogP contribution is -2.35. The third-order valence-corrected chi connectivity index (χ3v) is 4.12. The van der Waals surface area contributed by atoms with Crippen molar-refractivity contribution in [1.82, 2.24) is 0 Å². The number of methoxy groups -OCH3 is 2. The van der Waals surface area contributed by atoms with Gasteiger partial charge in [-0.1, -0.05) is 17.7 Å². The van der Waals surface area contributed by atoms with Gasteiger partial charge < -0.3 is 19.5 Å². The molecule has 1 aliphatic heterocycles. The molecule has 5 nitrogen and oxygen atoms in total. The molecule has 0 fully saturated rings. The Morgan fingerprint density at radius 1 is 1.17 bits per heavy atom. The van der Waals surface area contributed by atoms with E-state index in [1.54, 1.807) is 32.4 Å². The number of benzene rings is 2. The average molecular weight is 327 g/mol. The van der Waals surface area contributed by atoms with E-state index in [1.165, 1.54) is 5.56 Å². The quantitative estimate of drug-likeness (QED) is 0.936. The van der Waals surface area contributed by atoms with Crippen LogP contribution in [0.2, 0.25) is 0 Å². The first kappa shape index (κ1) is 16.2. The number of aryl methyl sites for hydroxylation is 2. The second-order valence-corrected chi connectivity index (χ2v) is 5.81. The second kappa shape index (κ2) is 6.83. The predicted molar refractivity (Wildman–Crippen MR) is 92.1 cm³/mol. The van der Waals surface area contributed by atoms with Gasteiger partial charge in [0.15, 0.2) is 6.10 Å². The number of nitrogens with one attached hydrogen (secondary N) is 1. The Hall–Kier alpha value is -2.69. The number of ether oxygens (including phenoxy) is 3. The lowest BCUT2D eigenvalue weighted by atomic mass is 10.00. The number of carbonyl (C=O) groups excluding carboxylic acids is 1. The summed E-state index contributed by atoms with van der Waals surface area (Å²) in [6.07, 6.45) is 0.954. The summed E-state index contributed by atoms with van der Waals surface area (Å²) in [5, 5.41) is 2.88. The normalized spacial score (nSPS) is 15.9. The lowest BCUT2D eigenvalue weighted by Gasteiger charge is -2.26. The molecule has 24 heavy (non-hydrogen) atoms. The van der Waals surface area contributed by atoms with Crippen LogP contribution in [0.1, 0.15) is 17.5 Å². The average Bonchev–Trinajstić information content (AvgIpc) is 2.61. The summed E-state index contributed by atoms with van der Waals surface area (Å²) in [6.45, 7) is 2.05. The Balaban J connectivity index is 1.75. The van der Waals surface area contributed by atoms with Gasteiger partial charge in [-0.3, -0.25) is 4.79 Å². The maximum absolute atomic E-state index is 12.6. The monoisotopic (exact) mass is 327 g/mol. The van der Waals surface area contributed by atoms with E-state index in [2.05, 4.69) is 11.4 Å². The molecule has 1 unspecified atom stereocenters. The van der Waals surface area contributed by atoms with E-state index in [1.807, 2.05) is 19.1 Å². The molecule has 0 aromatic heterocycles. The van der Waals surface area contributed by atoms with Crippen LogP contribution in [0, 0.1) is 6.92 Å². The Kier molecular flexibility index (Phi) is 4.60. The zero-order valence-electron chi connectivity index (χ0n) is 14.1. The molecule has 0 aliphatic carbocycles. The molecule has 0 bridgehead atoms. The predicted octanol–water partition coefficient (Wildman–Crippen LogP) is 3.34. The summed E-state index contributed by atoms with van der Waals surface area (Å²) in [5.74, 6) is 1.82. The molecule has 0 spiro atoms. The van der Waals surface area contributed by atoms with Gasteiger partial charge in [-0.05, 0) is 43.5 Å². The van der Waals surface area contributed by atoms with Gasteiger partial charge in [-0.2, -0.15) is 0 Å². The summed E-state index contributed by atoms with van der Waals surface area (Å²) in [5.41, 5.74) is 2.92. The minimum Gasteiger partial charge on any atom is -0.497 e. The third-order valence-electron chi connectivity index (χ3n) is 4.12. The smallest absolute Gasteiger partial charge is 0.265 e. The van der Waals surface area contributed by atoms with Gasteiger partial charge in [0.25, 0.3) is 5.91 Å². The number of hydrogen-bond donors (Lipinski definition) is 1. The molecule has 1 heterocycles. The summed E-state index contributed by atoms with van der Waals surface area (Å²) >= 11 is 0. The van der Waals surface area contributed by atoms with E-state index in [0.29, 0.717) is 23.6 Å². The highest BCUT2D eigenvalue weighted by atomic mass is 16.5. The Labute approximate surface area is 141 Å². The van der Waals surface area contributed by atoms with Crippen LogP contribution in [0.3, 0.4) is 0 Å². The molecule has 1 aliphatic rings. The summed E-state index contributed by atoms with van der Waals surface area (Å²) in [4.78, 5) is 12.6. The van der Waals surface area contributed by atoms with Crippen molar-refractivity contribution in [2.75, 3.05) is 19.5 Å². The van der Waals surface area contributed by atoms with Gasteiger partial charge in [0, 0.05) is 6.07 Å². The van der Waals surface area contributed by atoms with Gasteiger partial charge in [0.05, 0.1) is 19.9 Å². The highest BCUT2D eigenvalue weighted by Gasteiger charge is 2.26. The van der Waals surface area contributed by atoms with Crippen LogP contribution in [-0.2, 0) is 11.2 Å². The first-order valence-corrected chi connectivity index (χ1v) is 7.90. The van der Waals surface area contributed by atoms with Crippen molar-refractivity contribution in [3.8, 4) is 17.2 Å². The number of hydrogen-bond acceptors (Lipinski definition) is 4. The highest BCUT2D eigenvalue weighted by molar-refractivity contribution is 5.96. The van der Waals surface area contributed by atoms with Crippen LogP contribution in [-0.4, -0.2) is 26.2 Å². The van der Waals surface area contributed by atoms with E-state index in [-0.39, 0.29) is 5.91 Å². The topological polar surface area (TPSA) is 56.8 Å². The van der Waals surface area contributed by atoms with Crippen molar-refractivity contribution in [1.29, 1.82) is 0 Å². The maximum atomic E-state index is 12.6. The van der Waals surface area contributed by atoms with Crippen LogP contribution in [0.15, 0.2) is 36.4 Å². The van der Waals surface area contributed by atoms with Gasteiger partial charge in [-0.25, -0.2) is 0 Å². The fourth-order valence-corrected chi connectivity index (χ4v) is 2.83. The SMILES string of the molecule is COc1ccc(OC)c(NC(=O)C2CCc3cc(C)ccc3O2)c1. The number of anilines is 1. The molecule has 1 amide bonds. The molecule has 3 rings (SSSR count). The molecular weight excluding hydrogens is 306 g/mol. The van der Waals surface area contributed by atoms with E-state index >= 15 is 0 Å². The van der Waals surface area contributed by atoms with Gasteiger partial charge in [-0.15, -0.1) is 0 Å². The van der Waals surface area contributed by atoms with Crippen LogP contribution >= 0.6 is 0 Å². The van der Waals surface area contributed by atoms with Crippen LogP contribution < -0.4 is 19.5 Å². The van der Waals surface area contributed by atoms with Gasteiger partial charge >= 0.3 is 0 Å². The summed E-state index contributed by atoms with van der Waals surface area (Å²) in [7, 11) is 3.14. The molecule has 2 aromatic carbocycles. The van der Waals surface area contributed by atoms with Crippen LogP contribution in [0.25, 0.3) is 0 Å². The molecule has 0 saturated carbocycles. The third kappa shape index (κ3) is 3.30. The van der Waals surface area contributed by atoms with Crippen molar-refractivity contribution < 1.29 is 19.0 Å². The van der Waals surface area contributed by atoms with Crippen LogP contribution in [0.4, 0.5) is 5.69 Å². The fraction of sp³-hybridized carbons (Fsp3) is 0.316. The lowest BCUT2D eigenvalue weighted by molar-refractivity contribution is -0.123. The number of rotatable bonds is 4. The van der Waals surface area contributed by atoms with E-state index < -0.39 is 6.10 Å². The highest BCUT2D eigenvalue weighted by Crippen LogP contribution is 2.31. The van der Waals surface area contributed by atoms with Crippen molar-refractivity contribution in [3.05, 3.63) is 47.5 Å². The molecule has 2 aromatic rings. The van der Waals surface area contributed by atoms with E-state index in [4.69, 9.17) is 14.2 Å². The second-order valence-electron chi connectivity index (χ2n) is 5.81. The maximum Gasteiger partial charge on any atom is 0.265 e. The van der Waals surface area contributed by atoms with E-state index in [9.17, 15) is 4.79 Å². The first-order chi connectivity index (χ1) is 11.6. The van der Waals surface area contributed by atoms with Crippen LogP contribution in [0.5, 0.6) is 17.2 Å². The molecule has 1 N–H and O–H groups in total. The standard InChI is InChI=1S/C19H21NO4/c1-12-4-7-16-13(10-12)5-8-18(24-16)19(21)20-15-11-14(22-2)6-9-17(15)23-3/h4,6-7,9-11,18H,5,8H2,1-3H3,(H,20,21). The van der Waals surface area contributed by atoms with Gasteiger partial charge in [0.1, 0.15) is 17.2 Å². The summed E-state index contributed by atoms with van der Waals surface area (Å²) < 4.78 is 16.4. The van der Waals surface area contributed by atoms with E-state index in [0.717, 1.165) is 17.7 Å². The van der Waals surface area contributed by atoms with Crippen molar-refractivity contribution in [3.63, 3.8) is 0 Å². The summed E-state index contributed by atoms with van der Waals surface area (Å²) in [6, 6.07) is 11.3. The fourth-order valence-electron chi connectivity index (χ4n) is 2.83. The zero-order chi connectivity index (χ0) is 17.1. The number of carbonyl (C=O) groups is 1. The first-order valence-electron chi connectivity index (χ1n) is 7.90. The molecule has 0 saturated heterocycles. The number of amides is 1. The largest absolute Gasteiger partial charge is 0.497 e. The molecule has 0 radical (unpaired) electrons. The Morgan fingerprint density at radius 2 is 2.00 bits per heavy atom. The molecule has 5 heteroatoms. The Morgan fingerprint density at radius 3 is 2.75 bits per heavy atom. The van der Waals surface area contributed by atoms with Gasteiger partial charge in [0.2, 0.25) is 0 Å².